The number of nitrogens with two attached hydrogens (primary N) is 1. The molecule has 0 aromatic rings. The summed E-state index contributed by atoms with van der Waals surface area (Å²) in [5, 5.41) is 0. The largest absolute Gasteiger partial charge is 0.327 e. The lowest BCUT2D eigenvalue weighted by atomic mass is 9.85. The van der Waals surface area contributed by atoms with Gasteiger partial charge >= 0.3 is 0 Å². The predicted molar refractivity (Wildman–Crippen MR) is 69.0 cm³/mol. The summed E-state index contributed by atoms with van der Waals surface area (Å²) in [6, 6.07) is 0.832. The molecule has 0 radical (unpaired) electrons. The molecule has 2 heteroatoms. The lowest BCUT2D eigenvalue weighted by Gasteiger charge is -2.31. The van der Waals surface area contributed by atoms with Crippen molar-refractivity contribution in [1.29, 1.82) is 0 Å². The molecule has 0 aliphatic heterocycles. The lowest BCUT2D eigenvalue weighted by Crippen LogP contribution is -2.40. The zero-order chi connectivity index (χ0) is 12.1. The predicted octanol–water partition coefficient (Wildman–Crippen LogP) is 2.65. The van der Waals surface area contributed by atoms with Crippen molar-refractivity contribution in [1.82, 2.24) is 4.90 Å². The minimum absolute atomic E-state index is 0.205. The van der Waals surface area contributed by atoms with Gasteiger partial charge in [-0.1, -0.05) is 26.8 Å². The Hall–Kier alpha value is -0.340. The van der Waals surface area contributed by atoms with Gasteiger partial charge in [0.15, 0.2) is 0 Å². The summed E-state index contributed by atoms with van der Waals surface area (Å²) in [7, 11) is 0. The molecule has 0 fully saturated rings. The molecule has 90 valence electrons. The van der Waals surface area contributed by atoms with E-state index in [1.54, 1.807) is 0 Å². The van der Waals surface area contributed by atoms with E-state index in [-0.39, 0.29) is 11.5 Å². The molecular weight excluding hydrogens is 184 g/mol. The summed E-state index contributed by atoms with van der Waals surface area (Å²) in [5.74, 6) is 0. The van der Waals surface area contributed by atoms with Gasteiger partial charge in [-0.3, -0.25) is 4.90 Å². The molecular formula is C13H28N2. The molecule has 1 atom stereocenters. The van der Waals surface area contributed by atoms with Gasteiger partial charge in [-0.25, -0.2) is 0 Å². The van der Waals surface area contributed by atoms with Crippen LogP contribution in [0, 0.1) is 5.41 Å². The average Bonchev–Trinajstić information content (AvgIpc) is 2.09. The smallest absolute Gasteiger partial charge is 0.0163 e. The molecule has 0 saturated carbocycles. The first-order valence-corrected chi connectivity index (χ1v) is 5.89. The van der Waals surface area contributed by atoms with E-state index >= 15 is 0 Å². The lowest BCUT2D eigenvalue weighted by molar-refractivity contribution is 0.210. The van der Waals surface area contributed by atoms with Crippen molar-refractivity contribution in [2.45, 2.75) is 53.1 Å². The second-order valence-corrected chi connectivity index (χ2v) is 5.64. The summed E-state index contributed by atoms with van der Waals surface area (Å²) in [6.07, 6.45) is 3.01. The average molecular weight is 212 g/mol. The van der Waals surface area contributed by atoms with Gasteiger partial charge in [0.05, 0.1) is 0 Å². The minimum atomic E-state index is 0.205. The summed E-state index contributed by atoms with van der Waals surface area (Å²) in [6.45, 7) is 16.8. The van der Waals surface area contributed by atoms with E-state index in [0.29, 0.717) is 6.04 Å². The molecule has 0 spiro atoms. The number of hydrogen-bond donors (Lipinski definition) is 1. The van der Waals surface area contributed by atoms with E-state index in [4.69, 9.17) is 5.73 Å². The van der Waals surface area contributed by atoms with Crippen LogP contribution in [0.1, 0.15) is 41.0 Å². The van der Waals surface area contributed by atoms with Crippen molar-refractivity contribution in [3.8, 4) is 0 Å². The third-order valence-electron chi connectivity index (χ3n) is 2.93. The summed E-state index contributed by atoms with van der Waals surface area (Å²) in [4.78, 5) is 2.40. The third-order valence-corrected chi connectivity index (χ3v) is 2.93. The highest BCUT2D eigenvalue weighted by Crippen LogP contribution is 2.20. The maximum atomic E-state index is 6.14. The van der Waals surface area contributed by atoms with Crippen LogP contribution in [-0.2, 0) is 0 Å². The Balaban J connectivity index is 4.04. The second-order valence-electron chi connectivity index (χ2n) is 5.64. The van der Waals surface area contributed by atoms with Crippen LogP contribution in [0.4, 0.5) is 0 Å². The molecule has 0 saturated heterocycles. The van der Waals surface area contributed by atoms with Gasteiger partial charge in [0.1, 0.15) is 0 Å². The van der Waals surface area contributed by atoms with Crippen molar-refractivity contribution in [3.05, 3.63) is 12.7 Å². The number of rotatable bonds is 6. The Morgan fingerprint density at radius 2 is 1.87 bits per heavy atom. The van der Waals surface area contributed by atoms with Crippen LogP contribution in [0.3, 0.4) is 0 Å². The van der Waals surface area contributed by atoms with E-state index in [2.05, 4.69) is 46.1 Å². The Morgan fingerprint density at radius 1 is 1.33 bits per heavy atom. The number of nitrogens with zero attached hydrogens (tertiary/aromatic N) is 1. The highest BCUT2D eigenvalue weighted by atomic mass is 15.1. The first kappa shape index (κ1) is 14.7. The standard InChI is InChI=1S/C13H28N2/c1-7-9-15(11(2)3)10-8-12(14)13(4,5)6/h7,11-12H,1,8-10,14H2,2-6H3. The Kier molecular flexibility index (Phi) is 6.15. The Labute approximate surface area is 95.5 Å². The molecule has 2 nitrogen and oxygen atoms in total. The summed E-state index contributed by atoms with van der Waals surface area (Å²) < 4.78 is 0. The fourth-order valence-corrected chi connectivity index (χ4v) is 1.46. The minimum Gasteiger partial charge on any atom is -0.327 e. The van der Waals surface area contributed by atoms with Gasteiger partial charge in [-0.15, -0.1) is 6.58 Å². The van der Waals surface area contributed by atoms with Crippen LogP contribution in [0.5, 0.6) is 0 Å². The van der Waals surface area contributed by atoms with Crippen LogP contribution in [0.15, 0.2) is 12.7 Å². The molecule has 0 aromatic carbocycles. The van der Waals surface area contributed by atoms with E-state index in [1.807, 2.05) is 6.08 Å². The van der Waals surface area contributed by atoms with Gasteiger partial charge in [0.2, 0.25) is 0 Å². The van der Waals surface area contributed by atoms with Crippen LogP contribution in [0.25, 0.3) is 0 Å². The highest BCUT2D eigenvalue weighted by molar-refractivity contribution is 4.81. The zero-order valence-electron chi connectivity index (χ0n) is 11.1. The van der Waals surface area contributed by atoms with Gasteiger partial charge in [0.25, 0.3) is 0 Å². The molecule has 0 aliphatic rings. The zero-order valence-corrected chi connectivity index (χ0v) is 11.1. The Morgan fingerprint density at radius 3 is 2.20 bits per heavy atom. The molecule has 0 aliphatic carbocycles. The Bertz CT molecular complexity index is 179. The van der Waals surface area contributed by atoms with Crippen LogP contribution >= 0.6 is 0 Å². The molecule has 1 unspecified atom stereocenters. The topological polar surface area (TPSA) is 29.3 Å². The fraction of sp³-hybridized carbons (Fsp3) is 0.846. The SMILES string of the molecule is C=CCN(CCC(N)C(C)(C)C)C(C)C. The maximum absolute atomic E-state index is 6.14. The third kappa shape index (κ3) is 5.95. The number of hydrogen-bond acceptors (Lipinski definition) is 2. The highest BCUT2D eigenvalue weighted by Gasteiger charge is 2.21. The van der Waals surface area contributed by atoms with Crippen molar-refractivity contribution in [2.75, 3.05) is 13.1 Å². The summed E-state index contributed by atoms with van der Waals surface area (Å²) in [5.41, 5.74) is 6.35. The molecule has 0 amide bonds. The quantitative estimate of drug-likeness (QED) is 0.686. The molecule has 0 heterocycles. The van der Waals surface area contributed by atoms with Crippen molar-refractivity contribution in [2.24, 2.45) is 11.1 Å². The van der Waals surface area contributed by atoms with Crippen LogP contribution < -0.4 is 5.73 Å². The van der Waals surface area contributed by atoms with E-state index in [9.17, 15) is 0 Å². The molecule has 15 heavy (non-hydrogen) atoms. The first-order chi connectivity index (χ1) is 6.79. The van der Waals surface area contributed by atoms with Gasteiger partial charge in [0, 0.05) is 25.2 Å². The van der Waals surface area contributed by atoms with Gasteiger partial charge in [-0.05, 0) is 25.7 Å². The van der Waals surface area contributed by atoms with E-state index < -0.39 is 0 Å². The molecule has 0 aromatic heterocycles. The van der Waals surface area contributed by atoms with Crippen molar-refractivity contribution < 1.29 is 0 Å². The van der Waals surface area contributed by atoms with E-state index in [0.717, 1.165) is 19.5 Å². The van der Waals surface area contributed by atoms with Crippen LogP contribution in [0.2, 0.25) is 0 Å². The first-order valence-electron chi connectivity index (χ1n) is 5.89. The summed E-state index contributed by atoms with van der Waals surface area (Å²) >= 11 is 0. The fourth-order valence-electron chi connectivity index (χ4n) is 1.46. The molecule has 0 rings (SSSR count). The normalized spacial score (nSPS) is 14.7. The van der Waals surface area contributed by atoms with Gasteiger partial charge in [-0.2, -0.15) is 0 Å². The van der Waals surface area contributed by atoms with Crippen molar-refractivity contribution in [3.63, 3.8) is 0 Å². The van der Waals surface area contributed by atoms with Gasteiger partial charge < -0.3 is 5.73 Å². The van der Waals surface area contributed by atoms with E-state index in [1.165, 1.54) is 0 Å². The maximum Gasteiger partial charge on any atom is 0.0163 e. The second kappa shape index (κ2) is 6.29. The monoisotopic (exact) mass is 212 g/mol. The van der Waals surface area contributed by atoms with Crippen molar-refractivity contribution >= 4 is 0 Å². The van der Waals surface area contributed by atoms with Crippen LogP contribution in [-0.4, -0.2) is 30.1 Å². The molecule has 0 bridgehead atoms. The molecule has 2 N–H and O–H groups in total.